The molecule has 0 aliphatic carbocycles. The van der Waals surface area contributed by atoms with Crippen LogP contribution in [0, 0.1) is 0 Å². The van der Waals surface area contributed by atoms with Gasteiger partial charge in [0.15, 0.2) is 0 Å². The SMILES string of the molecule is Nc1ncc(-c2ccccc2)c(-c2c[nH]c(C(=O)NCCc3cccnc3)c2)n1. The van der Waals surface area contributed by atoms with E-state index in [0.717, 1.165) is 22.3 Å². The molecule has 1 aromatic carbocycles. The number of nitrogens with zero attached hydrogens (tertiary/aromatic N) is 3. The normalized spacial score (nSPS) is 10.6. The first-order valence-corrected chi connectivity index (χ1v) is 9.24. The van der Waals surface area contributed by atoms with Gasteiger partial charge in [-0.25, -0.2) is 9.97 Å². The van der Waals surface area contributed by atoms with Gasteiger partial charge < -0.3 is 16.0 Å². The predicted octanol–water partition coefficient (Wildman–Crippen LogP) is 3.09. The minimum Gasteiger partial charge on any atom is -0.368 e. The van der Waals surface area contributed by atoms with Gasteiger partial charge in [0.2, 0.25) is 5.95 Å². The first-order chi connectivity index (χ1) is 14.2. The van der Waals surface area contributed by atoms with Crippen LogP contribution in [0.25, 0.3) is 22.4 Å². The first-order valence-electron chi connectivity index (χ1n) is 9.24. The van der Waals surface area contributed by atoms with Gasteiger partial charge in [-0.2, -0.15) is 0 Å². The second-order valence-corrected chi connectivity index (χ2v) is 6.53. The van der Waals surface area contributed by atoms with Crippen molar-refractivity contribution in [1.29, 1.82) is 0 Å². The molecule has 0 unspecified atom stereocenters. The van der Waals surface area contributed by atoms with E-state index in [1.807, 2.05) is 42.5 Å². The third-order valence-corrected chi connectivity index (χ3v) is 4.52. The minimum absolute atomic E-state index is 0.177. The summed E-state index contributed by atoms with van der Waals surface area (Å²) in [6.45, 7) is 0.522. The van der Waals surface area contributed by atoms with Crippen molar-refractivity contribution in [3.05, 3.63) is 84.6 Å². The lowest BCUT2D eigenvalue weighted by molar-refractivity contribution is 0.0950. The van der Waals surface area contributed by atoms with E-state index >= 15 is 0 Å². The van der Waals surface area contributed by atoms with Gasteiger partial charge in [-0.15, -0.1) is 0 Å². The highest BCUT2D eigenvalue weighted by molar-refractivity contribution is 5.94. The van der Waals surface area contributed by atoms with E-state index in [1.54, 1.807) is 30.9 Å². The predicted molar refractivity (Wildman–Crippen MR) is 112 cm³/mol. The number of rotatable bonds is 6. The van der Waals surface area contributed by atoms with Crippen molar-refractivity contribution in [2.24, 2.45) is 0 Å². The Morgan fingerprint density at radius 2 is 1.93 bits per heavy atom. The van der Waals surface area contributed by atoms with E-state index in [-0.39, 0.29) is 11.9 Å². The maximum atomic E-state index is 12.5. The zero-order valence-corrected chi connectivity index (χ0v) is 15.7. The Morgan fingerprint density at radius 1 is 1.07 bits per heavy atom. The van der Waals surface area contributed by atoms with Gasteiger partial charge in [0.25, 0.3) is 5.91 Å². The molecule has 0 bridgehead atoms. The maximum Gasteiger partial charge on any atom is 0.267 e. The number of pyridine rings is 1. The fourth-order valence-corrected chi connectivity index (χ4v) is 3.07. The van der Waals surface area contributed by atoms with E-state index in [2.05, 4.69) is 25.3 Å². The van der Waals surface area contributed by atoms with Gasteiger partial charge in [0, 0.05) is 42.5 Å². The molecular formula is C22H20N6O. The molecule has 0 saturated heterocycles. The average molecular weight is 384 g/mol. The van der Waals surface area contributed by atoms with Crippen LogP contribution in [0.3, 0.4) is 0 Å². The minimum atomic E-state index is -0.177. The van der Waals surface area contributed by atoms with Crippen LogP contribution in [-0.4, -0.2) is 32.4 Å². The zero-order valence-electron chi connectivity index (χ0n) is 15.7. The van der Waals surface area contributed by atoms with Crippen molar-refractivity contribution < 1.29 is 4.79 Å². The van der Waals surface area contributed by atoms with E-state index in [1.165, 1.54) is 0 Å². The number of aromatic amines is 1. The Bertz CT molecular complexity index is 1110. The van der Waals surface area contributed by atoms with Crippen LogP contribution >= 0.6 is 0 Å². The monoisotopic (exact) mass is 384 g/mol. The van der Waals surface area contributed by atoms with E-state index in [9.17, 15) is 4.79 Å². The largest absolute Gasteiger partial charge is 0.368 e. The van der Waals surface area contributed by atoms with Crippen molar-refractivity contribution in [3.8, 4) is 22.4 Å². The number of carbonyl (C=O) groups excluding carboxylic acids is 1. The first kappa shape index (κ1) is 18.4. The number of nitrogens with two attached hydrogens (primary N) is 1. The molecule has 0 fully saturated rings. The number of nitrogens with one attached hydrogen (secondary N) is 2. The average Bonchev–Trinajstić information content (AvgIpc) is 3.25. The molecule has 3 aromatic heterocycles. The van der Waals surface area contributed by atoms with Gasteiger partial charge in [-0.3, -0.25) is 9.78 Å². The van der Waals surface area contributed by atoms with Gasteiger partial charge in [0.05, 0.1) is 5.69 Å². The highest BCUT2D eigenvalue weighted by Crippen LogP contribution is 2.30. The number of amides is 1. The fraction of sp³-hybridized carbons (Fsp3) is 0.0909. The Kier molecular flexibility index (Phi) is 5.29. The topological polar surface area (TPSA) is 110 Å². The highest BCUT2D eigenvalue weighted by atomic mass is 16.1. The van der Waals surface area contributed by atoms with E-state index < -0.39 is 0 Å². The van der Waals surface area contributed by atoms with Crippen LogP contribution in [0.2, 0.25) is 0 Å². The lowest BCUT2D eigenvalue weighted by Crippen LogP contribution is -2.25. The quantitative estimate of drug-likeness (QED) is 0.473. The third-order valence-electron chi connectivity index (χ3n) is 4.52. The number of anilines is 1. The van der Waals surface area contributed by atoms with Crippen molar-refractivity contribution in [2.45, 2.75) is 6.42 Å². The molecule has 7 heteroatoms. The molecule has 4 N–H and O–H groups in total. The smallest absolute Gasteiger partial charge is 0.267 e. The van der Waals surface area contributed by atoms with Crippen LogP contribution in [0.4, 0.5) is 5.95 Å². The van der Waals surface area contributed by atoms with Gasteiger partial charge in [-0.1, -0.05) is 36.4 Å². The molecule has 0 aliphatic heterocycles. The highest BCUT2D eigenvalue weighted by Gasteiger charge is 2.15. The molecule has 0 atom stereocenters. The van der Waals surface area contributed by atoms with Crippen molar-refractivity contribution in [1.82, 2.24) is 25.3 Å². The lowest BCUT2D eigenvalue weighted by atomic mass is 10.0. The molecule has 4 aromatic rings. The molecule has 144 valence electrons. The Labute approximate surface area is 168 Å². The molecule has 0 saturated carbocycles. The number of hydrogen-bond acceptors (Lipinski definition) is 5. The standard InChI is InChI=1S/C22H20N6O/c23-22-27-14-18(16-6-2-1-3-7-16)20(28-22)17-11-19(26-13-17)21(29)25-10-8-15-5-4-9-24-12-15/h1-7,9,11-14,26H,8,10H2,(H,25,29)(H2,23,27,28). The number of H-pyrrole nitrogens is 1. The Hall–Kier alpha value is -4.00. The number of aromatic nitrogens is 4. The van der Waals surface area contributed by atoms with Gasteiger partial charge >= 0.3 is 0 Å². The number of carbonyl (C=O) groups is 1. The lowest BCUT2D eigenvalue weighted by Gasteiger charge is -2.07. The number of hydrogen-bond donors (Lipinski definition) is 3. The number of nitrogen functional groups attached to an aromatic ring is 1. The molecule has 4 rings (SSSR count). The summed E-state index contributed by atoms with van der Waals surface area (Å²) in [6.07, 6.45) is 7.70. The Balaban J connectivity index is 1.52. The second-order valence-electron chi connectivity index (χ2n) is 6.53. The summed E-state index contributed by atoms with van der Waals surface area (Å²) >= 11 is 0. The van der Waals surface area contributed by atoms with Crippen molar-refractivity contribution in [3.63, 3.8) is 0 Å². The summed E-state index contributed by atoms with van der Waals surface area (Å²) in [5, 5.41) is 2.91. The van der Waals surface area contributed by atoms with Crippen LogP contribution in [0.5, 0.6) is 0 Å². The summed E-state index contributed by atoms with van der Waals surface area (Å²) in [5.41, 5.74) is 10.6. The molecule has 29 heavy (non-hydrogen) atoms. The molecule has 3 heterocycles. The third kappa shape index (κ3) is 4.30. The second kappa shape index (κ2) is 8.35. The molecule has 0 spiro atoms. The molecule has 0 aliphatic rings. The maximum absolute atomic E-state index is 12.5. The fourth-order valence-electron chi connectivity index (χ4n) is 3.07. The van der Waals surface area contributed by atoms with Crippen LogP contribution in [0.15, 0.2) is 73.3 Å². The molecule has 0 radical (unpaired) electrons. The summed E-state index contributed by atoms with van der Waals surface area (Å²) in [6, 6.07) is 15.5. The summed E-state index contributed by atoms with van der Waals surface area (Å²) in [5.74, 6) is 0.00628. The van der Waals surface area contributed by atoms with Gasteiger partial charge in [0.1, 0.15) is 5.69 Å². The van der Waals surface area contributed by atoms with Crippen LogP contribution in [0.1, 0.15) is 16.1 Å². The molecular weight excluding hydrogens is 364 g/mol. The van der Waals surface area contributed by atoms with Crippen molar-refractivity contribution >= 4 is 11.9 Å². The zero-order chi connectivity index (χ0) is 20.1. The van der Waals surface area contributed by atoms with Gasteiger partial charge in [-0.05, 0) is 29.7 Å². The summed E-state index contributed by atoms with van der Waals surface area (Å²) in [7, 11) is 0. The van der Waals surface area contributed by atoms with E-state index in [0.29, 0.717) is 24.4 Å². The summed E-state index contributed by atoms with van der Waals surface area (Å²) < 4.78 is 0. The van der Waals surface area contributed by atoms with E-state index in [4.69, 9.17) is 5.73 Å². The molecule has 1 amide bonds. The van der Waals surface area contributed by atoms with Crippen molar-refractivity contribution in [2.75, 3.05) is 12.3 Å². The van der Waals surface area contributed by atoms with Crippen LogP contribution < -0.4 is 11.1 Å². The number of benzene rings is 1. The summed E-state index contributed by atoms with van der Waals surface area (Å²) in [4.78, 5) is 28.1. The molecule has 7 nitrogen and oxygen atoms in total. The van der Waals surface area contributed by atoms with Crippen LogP contribution in [-0.2, 0) is 6.42 Å². The Morgan fingerprint density at radius 3 is 2.72 bits per heavy atom.